The van der Waals surface area contributed by atoms with Crippen LogP contribution in [0.2, 0.25) is 0 Å². The number of hydrogen-bond acceptors (Lipinski definition) is 6. The van der Waals surface area contributed by atoms with Crippen LogP contribution in [0.5, 0.6) is 5.75 Å². The molecule has 1 atom stereocenters. The fourth-order valence-corrected chi connectivity index (χ4v) is 4.33. The second kappa shape index (κ2) is 9.04. The molecule has 0 spiro atoms. The zero-order valence-electron chi connectivity index (χ0n) is 19.0. The van der Waals surface area contributed by atoms with Crippen molar-refractivity contribution < 1.29 is 4.74 Å². The second-order valence-electron chi connectivity index (χ2n) is 7.81. The molecule has 3 aromatic carbocycles. The number of likely N-dealkylation sites (N-methyl/N-ethyl adjacent to an activating group) is 2. The largest absolute Gasteiger partial charge is 0.497 e. The Morgan fingerprint density at radius 3 is 2.34 bits per heavy atom. The van der Waals surface area contributed by atoms with Gasteiger partial charge in [0.05, 0.1) is 13.2 Å². The van der Waals surface area contributed by atoms with Crippen LogP contribution < -0.4 is 31.7 Å². The molecule has 4 rings (SSSR count). The van der Waals surface area contributed by atoms with E-state index >= 15 is 0 Å². The van der Waals surface area contributed by atoms with Gasteiger partial charge in [-0.15, -0.1) is 0 Å². The van der Waals surface area contributed by atoms with Gasteiger partial charge in [0.25, 0.3) is 0 Å². The van der Waals surface area contributed by atoms with Gasteiger partial charge in [-0.1, -0.05) is 48.5 Å². The highest BCUT2D eigenvalue weighted by Gasteiger charge is 2.33. The summed E-state index contributed by atoms with van der Waals surface area (Å²) < 4.78 is 5.49. The van der Waals surface area contributed by atoms with Crippen molar-refractivity contribution in [1.29, 1.82) is 0 Å². The molecule has 1 aliphatic heterocycles. The van der Waals surface area contributed by atoms with Crippen LogP contribution in [0.1, 0.15) is 22.7 Å². The highest BCUT2D eigenvalue weighted by atomic mass is 16.5. The van der Waals surface area contributed by atoms with Gasteiger partial charge in [0.15, 0.2) is 5.79 Å². The van der Waals surface area contributed by atoms with Gasteiger partial charge in [-0.3, -0.25) is 10.6 Å². The van der Waals surface area contributed by atoms with Crippen molar-refractivity contribution in [3.05, 3.63) is 89.5 Å². The van der Waals surface area contributed by atoms with Gasteiger partial charge in [0.2, 0.25) is 0 Å². The Labute approximate surface area is 189 Å². The van der Waals surface area contributed by atoms with Crippen molar-refractivity contribution in [2.75, 3.05) is 33.6 Å². The van der Waals surface area contributed by atoms with Crippen LogP contribution in [-0.4, -0.2) is 34.0 Å². The Morgan fingerprint density at radius 1 is 0.938 bits per heavy atom. The second-order valence-corrected chi connectivity index (χ2v) is 7.81. The lowest BCUT2D eigenvalue weighted by Gasteiger charge is -2.39. The molecule has 0 bridgehead atoms. The number of nitrogens with one attached hydrogen (secondary N) is 4. The van der Waals surface area contributed by atoms with E-state index in [-0.39, 0.29) is 6.04 Å². The Kier molecular flexibility index (Phi) is 6.19. The van der Waals surface area contributed by atoms with E-state index in [1.54, 1.807) is 7.11 Å². The zero-order chi connectivity index (χ0) is 22.7. The SMILES string of the molecule is CNC1=CC(NC)(NC)Nc2ccc(-c3cccc(OC)c3)c(C(N)c3ccccc3)c21. The van der Waals surface area contributed by atoms with Crippen LogP contribution >= 0.6 is 0 Å². The summed E-state index contributed by atoms with van der Waals surface area (Å²) in [5.74, 6) is 0.239. The summed E-state index contributed by atoms with van der Waals surface area (Å²) in [6.45, 7) is 0. The fourth-order valence-electron chi connectivity index (χ4n) is 4.33. The predicted octanol–water partition coefficient (Wildman–Crippen LogP) is 3.49. The summed E-state index contributed by atoms with van der Waals surface area (Å²) in [7, 11) is 7.45. The average molecular weight is 430 g/mol. The van der Waals surface area contributed by atoms with Gasteiger partial charge >= 0.3 is 0 Å². The predicted molar refractivity (Wildman–Crippen MR) is 132 cm³/mol. The van der Waals surface area contributed by atoms with Crippen LogP contribution in [0.3, 0.4) is 0 Å². The molecule has 0 aromatic heterocycles. The Balaban J connectivity index is 2.00. The highest BCUT2D eigenvalue weighted by molar-refractivity contribution is 5.88. The number of benzene rings is 3. The van der Waals surface area contributed by atoms with Gasteiger partial charge in [-0.2, -0.15) is 0 Å². The first-order chi connectivity index (χ1) is 15.6. The molecule has 6 N–H and O–H groups in total. The summed E-state index contributed by atoms with van der Waals surface area (Å²) in [6, 6.07) is 22.2. The molecule has 1 aliphatic rings. The quantitative estimate of drug-likeness (QED) is 0.370. The molecule has 6 nitrogen and oxygen atoms in total. The summed E-state index contributed by atoms with van der Waals surface area (Å²) in [4.78, 5) is 0. The fraction of sp³-hybridized carbons (Fsp3) is 0.231. The number of anilines is 1. The number of methoxy groups -OCH3 is 1. The Hall–Kier alpha value is -3.32. The number of nitrogens with two attached hydrogens (primary N) is 1. The third kappa shape index (κ3) is 3.84. The van der Waals surface area contributed by atoms with Crippen LogP contribution in [0.25, 0.3) is 16.8 Å². The minimum atomic E-state index is -0.572. The molecule has 0 amide bonds. The molecule has 1 unspecified atom stereocenters. The summed E-state index contributed by atoms with van der Waals surface area (Å²) in [6.07, 6.45) is 2.12. The van der Waals surface area contributed by atoms with E-state index in [2.05, 4.69) is 57.7 Å². The number of ether oxygens (including phenoxy) is 1. The lowest BCUT2D eigenvalue weighted by Crippen LogP contribution is -2.60. The van der Waals surface area contributed by atoms with Crippen molar-refractivity contribution in [2.24, 2.45) is 5.73 Å². The van der Waals surface area contributed by atoms with Crippen LogP contribution in [0, 0.1) is 0 Å². The normalized spacial score (nSPS) is 15.2. The minimum absolute atomic E-state index is 0.317. The lowest BCUT2D eigenvalue weighted by molar-refractivity contribution is 0.415. The zero-order valence-corrected chi connectivity index (χ0v) is 19.0. The third-order valence-electron chi connectivity index (χ3n) is 6.12. The van der Waals surface area contributed by atoms with E-state index < -0.39 is 5.79 Å². The van der Waals surface area contributed by atoms with E-state index in [0.717, 1.165) is 45.0 Å². The van der Waals surface area contributed by atoms with Crippen LogP contribution in [-0.2, 0) is 0 Å². The maximum Gasteiger partial charge on any atom is 0.165 e. The van der Waals surface area contributed by atoms with Crippen LogP contribution in [0.15, 0.2) is 72.8 Å². The molecule has 0 saturated carbocycles. The number of hydrogen-bond donors (Lipinski definition) is 5. The van der Waals surface area contributed by atoms with Gasteiger partial charge in [-0.25, -0.2) is 0 Å². The van der Waals surface area contributed by atoms with Crippen molar-refractivity contribution >= 4 is 11.4 Å². The molecular weight excluding hydrogens is 398 g/mol. The van der Waals surface area contributed by atoms with E-state index in [4.69, 9.17) is 10.5 Å². The van der Waals surface area contributed by atoms with Crippen molar-refractivity contribution in [2.45, 2.75) is 11.8 Å². The van der Waals surface area contributed by atoms with Gasteiger partial charge in [-0.05, 0) is 60.6 Å². The van der Waals surface area contributed by atoms with E-state index in [1.807, 2.05) is 57.5 Å². The molecule has 6 heteroatoms. The monoisotopic (exact) mass is 429 g/mol. The standard InChI is InChI=1S/C26H31N5O/c1-28-22-16-26(29-2,30-3)31-21-14-13-20(18-11-8-12-19(15-18)32-4)23(24(21)22)25(27)17-9-6-5-7-10-17/h5-16,25,28-31H,27H2,1-4H3. The van der Waals surface area contributed by atoms with E-state index in [9.17, 15) is 0 Å². The summed E-state index contributed by atoms with van der Waals surface area (Å²) in [5.41, 5.74) is 14.2. The molecule has 0 fully saturated rings. The maximum atomic E-state index is 6.95. The molecule has 0 saturated heterocycles. The maximum absolute atomic E-state index is 6.95. The number of rotatable bonds is 7. The Morgan fingerprint density at radius 2 is 1.69 bits per heavy atom. The number of fused-ring (bicyclic) bond motifs is 1. The molecule has 3 aromatic rings. The van der Waals surface area contributed by atoms with Gasteiger partial charge in [0.1, 0.15) is 5.75 Å². The topological polar surface area (TPSA) is 83.4 Å². The highest BCUT2D eigenvalue weighted by Crippen LogP contribution is 2.42. The van der Waals surface area contributed by atoms with Crippen molar-refractivity contribution in [3.8, 4) is 16.9 Å². The average Bonchev–Trinajstić information content (AvgIpc) is 2.87. The lowest BCUT2D eigenvalue weighted by atomic mass is 9.84. The molecule has 0 radical (unpaired) electrons. The molecule has 166 valence electrons. The van der Waals surface area contributed by atoms with Crippen molar-refractivity contribution in [1.82, 2.24) is 16.0 Å². The van der Waals surface area contributed by atoms with E-state index in [1.165, 1.54) is 0 Å². The first kappa shape index (κ1) is 21.9. The van der Waals surface area contributed by atoms with Crippen LogP contribution in [0.4, 0.5) is 5.69 Å². The molecular formula is C26H31N5O. The first-order valence-corrected chi connectivity index (χ1v) is 10.7. The molecule has 0 aliphatic carbocycles. The van der Waals surface area contributed by atoms with E-state index in [0.29, 0.717) is 0 Å². The smallest absolute Gasteiger partial charge is 0.165 e. The van der Waals surface area contributed by atoms with Crippen molar-refractivity contribution in [3.63, 3.8) is 0 Å². The van der Waals surface area contributed by atoms with Gasteiger partial charge in [0, 0.05) is 24.0 Å². The molecule has 32 heavy (non-hydrogen) atoms. The molecule has 1 heterocycles. The van der Waals surface area contributed by atoms with Gasteiger partial charge < -0.3 is 21.1 Å². The third-order valence-corrected chi connectivity index (χ3v) is 6.12. The summed E-state index contributed by atoms with van der Waals surface area (Å²) >= 11 is 0. The minimum Gasteiger partial charge on any atom is -0.497 e. The summed E-state index contributed by atoms with van der Waals surface area (Å²) in [5, 5.41) is 13.7. The first-order valence-electron chi connectivity index (χ1n) is 10.7. The Bertz CT molecular complexity index is 1120.